The molecule has 0 aromatic heterocycles. The summed E-state index contributed by atoms with van der Waals surface area (Å²) in [4.78, 5) is 0. The summed E-state index contributed by atoms with van der Waals surface area (Å²) in [5, 5.41) is 0.756. The number of fused-ring (bicyclic) bond motifs is 1. The normalized spacial score (nSPS) is 21.1. The highest BCUT2D eigenvalue weighted by Gasteiger charge is 2.19. The van der Waals surface area contributed by atoms with Gasteiger partial charge in [-0.3, -0.25) is 0 Å². The summed E-state index contributed by atoms with van der Waals surface area (Å²) in [6.45, 7) is 0. The number of hydrogen-bond donors (Lipinski definition) is 1. The second-order valence-electron chi connectivity index (χ2n) is 3.11. The summed E-state index contributed by atoms with van der Waals surface area (Å²) in [7, 11) is 0. The van der Waals surface area contributed by atoms with Crippen LogP contribution in [0.25, 0.3) is 0 Å². The molecule has 0 bridgehead atoms. The standard InChI is InChI=1S/C9H9BrClN/c10-7-3-5-1-2-9(12)6(5)4-8(7)11/h3-4,9H,1-2,12H2/t9-/m1/s1. The Labute approximate surface area is 85.0 Å². The molecule has 0 saturated heterocycles. The molecule has 0 aliphatic heterocycles. The molecule has 2 N–H and O–H groups in total. The van der Waals surface area contributed by atoms with Gasteiger partial charge in [0.25, 0.3) is 0 Å². The van der Waals surface area contributed by atoms with Crippen LogP contribution in [-0.2, 0) is 6.42 Å². The van der Waals surface area contributed by atoms with Crippen LogP contribution in [0.15, 0.2) is 16.6 Å². The van der Waals surface area contributed by atoms with Crippen molar-refractivity contribution in [3.05, 3.63) is 32.8 Å². The van der Waals surface area contributed by atoms with Gasteiger partial charge >= 0.3 is 0 Å². The van der Waals surface area contributed by atoms with Gasteiger partial charge in [0.1, 0.15) is 0 Å². The van der Waals surface area contributed by atoms with Crippen LogP contribution in [0.5, 0.6) is 0 Å². The zero-order valence-electron chi connectivity index (χ0n) is 6.48. The minimum Gasteiger partial charge on any atom is -0.324 e. The van der Waals surface area contributed by atoms with Crippen LogP contribution in [0.3, 0.4) is 0 Å². The smallest absolute Gasteiger partial charge is 0.0551 e. The molecule has 1 aliphatic carbocycles. The third-order valence-corrected chi connectivity index (χ3v) is 3.50. The van der Waals surface area contributed by atoms with Gasteiger partial charge in [0.15, 0.2) is 0 Å². The highest BCUT2D eigenvalue weighted by atomic mass is 79.9. The molecule has 0 fully saturated rings. The summed E-state index contributed by atoms with van der Waals surface area (Å²) < 4.78 is 0.969. The van der Waals surface area contributed by atoms with E-state index in [4.69, 9.17) is 17.3 Å². The van der Waals surface area contributed by atoms with Crippen LogP contribution in [-0.4, -0.2) is 0 Å². The Morgan fingerprint density at radius 3 is 3.00 bits per heavy atom. The van der Waals surface area contributed by atoms with E-state index < -0.39 is 0 Å². The van der Waals surface area contributed by atoms with Crippen molar-refractivity contribution < 1.29 is 0 Å². The Kier molecular flexibility index (Phi) is 2.15. The van der Waals surface area contributed by atoms with Crippen LogP contribution in [0, 0.1) is 0 Å². The van der Waals surface area contributed by atoms with Gasteiger partial charge in [0, 0.05) is 10.5 Å². The van der Waals surface area contributed by atoms with Crippen LogP contribution >= 0.6 is 27.5 Å². The number of halogens is 2. The molecule has 1 nitrogen and oxygen atoms in total. The lowest BCUT2D eigenvalue weighted by Gasteiger charge is -2.05. The first-order valence-electron chi connectivity index (χ1n) is 3.92. The number of rotatable bonds is 0. The average Bonchev–Trinajstić information content (AvgIpc) is 2.35. The van der Waals surface area contributed by atoms with Gasteiger partial charge in [-0.15, -0.1) is 0 Å². The van der Waals surface area contributed by atoms with Crippen molar-refractivity contribution >= 4 is 27.5 Å². The molecule has 0 unspecified atom stereocenters. The Hall–Kier alpha value is -0.0500. The first-order valence-corrected chi connectivity index (χ1v) is 5.09. The number of hydrogen-bond acceptors (Lipinski definition) is 1. The van der Waals surface area contributed by atoms with Crippen molar-refractivity contribution in [1.29, 1.82) is 0 Å². The van der Waals surface area contributed by atoms with Crippen molar-refractivity contribution in [3.8, 4) is 0 Å². The molecule has 3 heteroatoms. The fourth-order valence-corrected chi connectivity index (χ4v) is 2.19. The predicted molar refractivity (Wildman–Crippen MR) is 54.4 cm³/mol. The third-order valence-electron chi connectivity index (χ3n) is 2.31. The van der Waals surface area contributed by atoms with E-state index in [0.29, 0.717) is 0 Å². The number of benzene rings is 1. The molecule has 1 atom stereocenters. The fraction of sp³-hybridized carbons (Fsp3) is 0.333. The maximum atomic E-state index is 5.96. The van der Waals surface area contributed by atoms with Crippen molar-refractivity contribution in [2.45, 2.75) is 18.9 Å². The zero-order valence-corrected chi connectivity index (χ0v) is 8.82. The van der Waals surface area contributed by atoms with Gasteiger partial charge in [0.05, 0.1) is 5.02 Å². The van der Waals surface area contributed by atoms with E-state index in [1.165, 1.54) is 11.1 Å². The molecule has 1 aliphatic rings. The molecule has 12 heavy (non-hydrogen) atoms. The summed E-state index contributed by atoms with van der Waals surface area (Å²) in [5.41, 5.74) is 8.43. The highest BCUT2D eigenvalue weighted by Crippen LogP contribution is 2.35. The zero-order chi connectivity index (χ0) is 8.72. The van der Waals surface area contributed by atoms with E-state index in [1.807, 2.05) is 6.07 Å². The highest BCUT2D eigenvalue weighted by molar-refractivity contribution is 9.10. The van der Waals surface area contributed by atoms with Gasteiger partial charge in [-0.1, -0.05) is 11.6 Å². The van der Waals surface area contributed by atoms with Crippen molar-refractivity contribution in [2.75, 3.05) is 0 Å². The van der Waals surface area contributed by atoms with E-state index in [1.54, 1.807) is 0 Å². The maximum Gasteiger partial charge on any atom is 0.0551 e. The monoisotopic (exact) mass is 245 g/mol. The molecule has 1 aromatic rings. The molecule has 1 aromatic carbocycles. The predicted octanol–water partition coefficient (Wildman–Crippen LogP) is 3.05. The van der Waals surface area contributed by atoms with E-state index in [0.717, 1.165) is 22.3 Å². The number of aryl methyl sites for hydroxylation is 1. The van der Waals surface area contributed by atoms with E-state index in [2.05, 4.69) is 22.0 Å². The quantitative estimate of drug-likeness (QED) is 0.748. The van der Waals surface area contributed by atoms with Gasteiger partial charge < -0.3 is 5.73 Å². The Morgan fingerprint density at radius 1 is 1.50 bits per heavy atom. The first kappa shape index (κ1) is 8.54. The molecule has 0 spiro atoms. The summed E-state index contributed by atoms with van der Waals surface area (Å²) in [6, 6.07) is 4.23. The lowest BCUT2D eigenvalue weighted by molar-refractivity contribution is 0.713. The van der Waals surface area contributed by atoms with Gasteiger partial charge in [0.2, 0.25) is 0 Å². The molecule has 0 saturated carbocycles. The SMILES string of the molecule is N[C@@H]1CCc2cc(Br)c(Cl)cc21. The van der Waals surface area contributed by atoms with E-state index in [9.17, 15) is 0 Å². The first-order chi connectivity index (χ1) is 5.68. The molecule has 0 amide bonds. The second kappa shape index (κ2) is 3.02. The molecular formula is C9H9BrClN. The Morgan fingerprint density at radius 2 is 2.25 bits per heavy atom. The van der Waals surface area contributed by atoms with Crippen molar-refractivity contribution in [3.63, 3.8) is 0 Å². The van der Waals surface area contributed by atoms with Crippen molar-refractivity contribution in [2.24, 2.45) is 5.73 Å². The topological polar surface area (TPSA) is 26.0 Å². The maximum absolute atomic E-state index is 5.96. The van der Waals surface area contributed by atoms with Crippen LogP contribution in [0.1, 0.15) is 23.6 Å². The van der Waals surface area contributed by atoms with Crippen LogP contribution < -0.4 is 5.73 Å². The van der Waals surface area contributed by atoms with Crippen LogP contribution in [0.2, 0.25) is 5.02 Å². The van der Waals surface area contributed by atoms with Gasteiger partial charge in [-0.25, -0.2) is 0 Å². The second-order valence-corrected chi connectivity index (χ2v) is 4.37. The van der Waals surface area contributed by atoms with Crippen LogP contribution in [0.4, 0.5) is 0 Å². The summed E-state index contributed by atoms with van der Waals surface area (Å²) in [6.07, 6.45) is 2.12. The lowest BCUT2D eigenvalue weighted by Crippen LogP contribution is -2.04. The minimum absolute atomic E-state index is 0.186. The Bertz CT molecular complexity index is 325. The lowest BCUT2D eigenvalue weighted by atomic mass is 10.1. The largest absolute Gasteiger partial charge is 0.324 e. The minimum atomic E-state index is 0.186. The molecule has 64 valence electrons. The van der Waals surface area contributed by atoms with Crippen molar-refractivity contribution in [1.82, 2.24) is 0 Å². The molecule has 2 rings (SSSR count). The molecule has 0 radical (unpaired) electrons. The van der Waals surface area contributed by atoms with E-state index >= 15 is 0 Å². The van der Waals surface area contributed by atoms with E-state index in [-0.39, 0.29) is 6.04 Å². The molecule has 0 heterocycles. The number of nitrogens with two attached hydrogens (primary N) is 1. The average molecular weight is 247 g/mol. The molecular weight excluding hydrogens is 237 g/mol. The fourth-order valence-electron chi connectivity index (χ4n) is 1.63. The van der Waals surface area contributed by atoms with Gasteiger partial charge in [-0.2, -0.15) is 0 Å². The Balaban J connectivity index is 2.56. The third kappa shape index (κ3) is 1.28. The van der Waals surface area contributed by atoms with Gasteiger partial charge in [-0.05, 0) is 52.0 Å². The summed E-state index contributed by atoms with van der Waals surface area (Å²) >= 11 is 9.35. The summed E-state index contributed by atoms with van der Waals surface area (Å²) in [5.74, 6) is 0.